The van der Waals surface area contributed by atoms with Crippen molar-refractivity contribution in [3.63, 3.8) is 0 Å². The highest BCUT2D eigenvalue weighted by Gasteiger charge is 2.08. The Labute approximate surface area is 335 Å². The van der Waals surface area contributed by atoms with Gasteiger partial charge in [-0.3, -0.25) is 0 Å². The van der Waals surface area contributed by atoms with Crippen LogP contribution in [0.5, 0.6) is 34.5 Å². The van der Waals surface area contributed by atoms with Crippen molar-refractivity contribution >= 4 is 34.1 Å². The molecule has 0 heterocycles. The Morgan fingerprint density at radius 1 is 0.263 bits per heavy atom. The molecule has 6 rings (SSSR count). The van der Waals surface area contributed by atoms with Gasteiger partial charge >= 0.3 is 0 Å². The molecule has 6 aromatic carbocycles. The first-order chi connectivity index (χ1) is 27.4. The highest BCUT2D eigenvalue weighted by atomic mass is 16.5. The van der Waals surface area contributed by atoms with Crippen LogP contribution in [0.3, 0.4) is 0 Å². The van der Waals surface area contributed by atoms with E-state index >= 15 is 0 Å². The van der Waals surface area contributed by atoms with Gasteiger partial charge in [0.2, 0.25) is 0 Å². The number of hydrogen-bond donors (Lipinski definition) is 6. The molecule has 0 atom stereocenters. The number of rotatable bonds is 12. The molecule has 0 aliphatic carbocycles. The molecule has 12 nitrogen and oxygen atoms in total. The minimum atomic E-state index is 0.639. The zero-order valence-electron chi connectivity index (χ0n) is 33.4. The predicted octanol–water partition coefficient (Wildman–Crippen LogP) is 7.38. The Morgan fingerprint density at radius 2 is 0.474 bits per heavy atom. The van der Waals surface area contributed by atoms with E-state index in [4.69, 9.17) is 62.8 Å². The van der Waals surface area contributed by atoms with Crippen LogP contribution in [-0.4, -0.2) is 42.7 Å². The quantitative estimate of drug-likeness (QED) is 0.0673. The summed E-state index contributed by atoms with van der Waals surface area (Å²) in [7, 11) is 9.66. The van der Waals surface area contributed by atoms with Crippen molar-refractivity contribution < 1.29 is 28.4 Å². The van der Waals surface area contributed by atoms with E-state index in [1.165, 1.54) is 0 Å². The topological polar surface area (TPSA) is 212 Å². The van der Waals surface area contributed by atoms with Crippen molar-refractivity contribution in [2.45, 2.75) is 19.3 Å². The Bertz CT molecular complexity index is 2140. The normalized spacial score (nSPS) is 10.2. The Morgan fingerprint density at radius 3 is 0.684 bits per heavy atom. The van der Waals surface area contributed by atoms with E-state index < -0.39 is 0 Å². The molecule has 0 aliphatic heterocycles. The summed E-state index contributed by atoms with van der Waals surface area (Å²) in [6.07, 6.45) is 2.31. The number of anilines is 6. The molecule has 0 spiro atoms. The SMILES string of the molecule is COc1cc(Cc2ccc(N)c(OC)c2)ccc1N.COc1ccc(Cc2ccc(N)c(OC)c2)cc1N.COc1ccc(Cc2ccc(OC)c(N)c2)cc1N. The van der Waals surface area contributed by atoms with Gasteiger partial charge in [-0.1, -0.05) is 36.4 Å². The molecule has 0 fully saturated rings. The summed E-state index contributed by atoms with van der Waals surface area (Å²) in [6.45, 7) is 0. The van der Waals surface area contributed by atoms with Crippen LogP contribution < -0.4 is 62.8 Å². The number of ether oxygens (including phenoxy) is 6. The van der Waals surface area contributed by atoms with Gasteiger partial charge < -0.3 is 62.8 Å². The van der Waals surface area contributed by atoms with Gasteiger partial charge in [0.1, 0.15) is 34.5 Å². The van der Waals surface area contributed by atoms with Crippen molar-refractivity contribution in [1.82, 2.24) is 0 Å². The van der Waals surface area contributed by atoms with Crippen LogP contribution in [0.4, 0.5) is 34.1 Å². The monoisotopic (exact) mass is 774 g/mol. The molecular weight excluding hydrogens is 721 g/mol. The Hall–Kier alpha value is -7.08. The van der Waals surface area contributed by atoms with E-state index in [9.17, 15) is 0 Å². The van der Waals surface area contributed by atoms with Crippen LogP contribution >= 0.6 is 0 Å². The number of benzene rings is 6. The fourth-order valence-electron chi connectivity index (χ4n) is 5.98. The van der Waals surface area contributed by atoms with Crippen LogP contribution in [0.25, 0.3) is 0 Å². The molecule has 0 saturated heterocycles. The van der Waals surface area contributed by atoms with E-state index in [1.54, 1.807) is 42.7 Å². The van der Waals surface area contributed by atoms with Crippen LogP contribution in [-0.2, 0) is 19.3 Å². The van der Waals surface area contributed by atoms with Crippen LogP contribution in [0.1, 0.15) is 33.4 Å². The molecule has 0 aromatic heterocycles. The second kappa shape index (κ2) is 20.6. The van der Waals surface area contributed by atoms with Crippen LogP contribution in [0.15, 0.2) is 109 Å². The van der Waals surface area contributed by atoms with Gasteiger partial charge in [-0.15, -0.1) is 0 Å². The van der Waals surface area contributed by atoms with Gasteiger partial charge in [0.05, 0.1) is 76.8 Å². The third-order valence-electron chi connectivity index (χ3n) is 9.00. The van der Waals surface area contributed by atoms with Crippen LogP contribution in [0.2, 0.25) is 0 Å². The lowest BCUT2D eigenvalue weighted by molar-refractivity contribution is 0.416. The highest BCUT2D eigenvalue weighted by molar-refractivity contribution is 5.59. The summed E-state index contributed by atoms with van der Waals surface area (Å²) in [5.74, 6) is 4.16. The summed E-state index contributed by atoms with van der Waals surface area (Å²) >= 11 is 0. The number of nitrogen functional groups attached to an aromatic ring is 6. The maximum atomic E-state index is 5.90. The summed E-state index contributed by atoms with van der Waals surface area (Å²) in [5.41, 5.74) is 45.6. The van der Waals surface area contributed by atoms with Gasteiger partial charge in [-0.25, -0.2) is 0 Å². The molecule has 6 aromatic rings. The molecular formula is C45H54N6O6. The fourth-order valence-corrected chi connectivity index (χ4v) is 5.98. The molecule has 0 aliphatic rings. The molecule has 0 unspecified atom stereocenters. The fraction of sp³-hybridized carbons (Fsp3) is 0.200. The largest absolute Gasteiger partial charge is 0.495 e. The smallest absolute Gasteiger partial charge is 0.142 e. The minimum Gasteiger partial charge on any atom is -0.495 e. The Balaban J connectivity index is 0.000000189. The average molecular weight is 775 g/mol. The number of methoxy groups -OCH3 is 6. The van der Waals surface area contributed by atoms with Gasteiger partial charge in [0.25, 0.3) is 0 Å². The highest BCUT2D eigenvalue weighted by Crippen LogP contribution is 2.29. The van der Waals surface area contributed by atoms with Gasteiger partial charge in [0.15, 0.2) is 0 Å². The van der Waals surface area contributed by atoms with E-state index in [-0.39, 0.29) is 0 Å². The molecule has 0 amide bonds. The first-order valence-corrected chi connectivity index (χ1v) is 18.0. The molecule has 12 N–H and O–H groups in total. The summed E-state index contributed by atoms with van der Waals surface area (Å²) in [4.78, 5) is 0. The number of hydrogen-bond acceptors (Lipinski definition) is 12. The van der Waals surface area contributed by atoms with E-state index in [0.717, 1.165) is 52.6 Å². The summed E-state index contributed by atoms with van der Waals surface area (Å²) < 4.78 is 31.1. The first kappa shape index (κ1) is 42.7. The summed E-state index contributed by atoms with van der Waals surface area (Å²) in [6, 6.07) is 34.7. The van der Waals surface area contributed by atoms with E-state index in [2.05, 4.69) is 0 Å². The maximum Gasteiger partial charge on any atom is 0.142 e. The van der Waals surface area contributed by atoms with Gasteiger partial charge in [-0.2, -0.15) is 0 Å². The van der Waals surface area contributed by atoms with E-state index in [1.807, 2.05) is 109 Å². The van der Waals surface area contributed by atoms with Gasteiger partial charge in [-0.05, 0) is 125 Å². The first-order valence-electron chi connectivity index (χ1n) is 18.0. The third-order valence-corrected chi connectivity index (χ3v) is 9.00. The lowest BCUT2D eigenvalue weighted by atomic mass is 10.0. The molecule has 12 heteroatoms. The Kier molecular flexibility index (Phi) is 15.4. The van der Waals surface area contributed by atoms with E-state index in [0.29, 0.717) is 68.6 Å². The van der Waals surface area contributed by atoms with Crippen molar-refractivity contribution in [1.29, 1.82) is 0 Å². The zero-order chi connectivity index (χ0) is 41.5. The molecule has 0 bridgehead atoms. The lowest BCUT2D eigenvalue weighted by Crippen LogP contribution is -1.97. The lowest BCUT2D eigenvalue weighted by Gasteiger charge is -2.09. The summed E-state index contributed by atoms with van der Waals surface area (Å²) in [5, 5.41) is 0. The van der Waals surface area contributed by atoms with Crippen molar-refractivity contribution in [2.24, 2.45) is 0 Å². The third kappa shape index (κ3) is 12.0. The standard InChI is InChI=1S/3C15H18N2O2/c1-18-14-6-4-10(8-13(14)17)7-11-3-5-12(16)15(9-11)19-2;1-18-14-5-3-10(8-12(14)16)7-11-4-6-15(19-2)13(17)9-11;1-18-14-8-10(3-5-12(14)16)7-11-4-6-13(17)15(9-11)19-2/h3*3-6,8-9H,7,16-17H2,1-2H3. The minimum absolute atomic E-state index is 0.639. The predicted molar refractivity (Wildman–Crippen MR) is 233 cm³/mol. The molecule has 0 radical (unpaired) electrons. The van der Waals surface area contributed by atoms with Crippen LogP contribution in [0, 0.1) is 0 Å². The molecule has 57 heavy (non-hydrogen) atoms. The molecule has 0 saturated carbocycles. The zero-order valence-corrected chi connectivity index (χ0v) is 33.4. The van der Waals surface area contributed by atoms with Crippen molar-refractivity contribution in [2.75, 3.05) is 77.1 Å². The maximum absolute atomic E-state index is 5.90. The van der Waals surface area contributed by atoms with Crippen molar-refractivity contribution in [3.05, 3.63) is 143 Å². The number of nitrogens with two attached hydrogens (primary N) is 6. The second-order valence-corrected chi connectivity index (χ2v) is 13.0. The van der Waals surface area contributed by atoms with Crippen molar-refractivity contribution in [3.8, 4) is 34.5 Å². The van der Waals surface area contributed by atoms with Gasteiger partial charge in [0, 0.05) is 0 Å². The molecule has 300 valence electrons. The average Bonchev–Trinajstić information content (AvgIpc) is 3.21. The second-order valence-electron chi connectivity index (χ2n) is 13.0.